The molecule has 25 heavy (non-hydrogen) atoms. The molecule has 0 spiro atoms. The highest BCUT2D eigenvalue weighted by Crippen LogP contribution is 2.24. The minimum absolute atomic E-state index is 0.0295. The third-order valence-corrected chi connectivity index (χ3v) is 4.56. The summed E-state index contributed by atoms with van der Waals surface area (Å²) in [7, 11) is 1.33. The van der Waals surface area contributed by atoms with E-state index >= 15 is 0 Å². The summed E-state index contributed by atoms with van der Waals surface area (Å²) in [5.41, 5.74) is 4.58. The predicted octanol–water partition coefficient (Wildman–Crippen LogP) is 4.79. The average Bonchev–Trinajstić information content (AvgIpc) is 2.58. The van der Waals surface area contributed by atoms with Gasteiger partial charge in [-0.25, -0.2) is 4.79 Å². The molecule has 0 saturated heterocycles. The van der Waals surface area contributed by atoms with Gasteiger partial charge in [-0.2, -0.15) is 0 Å². The minimum Gasteiger partial charge on any atom is -0.465 e. The first kappa shape index (κ1) is 19.2. The second kappa shape index (κ2) is 8.32. The molecule has 0 aliphatic rings. The van der Waals surface area contributed by atoms with Crippen molar-refractivity contribution < 1.29 is 9.53 Å². The summed E-state index contributed by atoms with van der Waals surface area (Å²) in [4.78, 5) is 11.6. The summed E-state index contributed by atoms with van der Waals surface area (Å²) >= 11 is 11.5. The lowest BCUT2D eigenvalue weighted by molar-refractivity contribution is 0.0601. The predicted molar refractivity (Wildman–Crippen MR) is 106 cm³/mol. The van der Waals surface area contributed by atoms with Crippen LogP contribution in [0.1, 0.15) is 40.0 Å². The van der Waals surface area contributed by atoms with Gasteiger partial charge in [0.2, 0.25) is 0 Å². The summed E-state index contributed by atoms with van der Waals surface area (Å²) in [5.74, 6) is -0.429. The number of thiocarbonyl (C=S) groups is 1. The van der Waals surface area contributed by atoms with E-state index in [0.717, 1.165) is 5.56 Å². The zero-order valence-corrected chi connectivity index (χ0v) is 16.2. The van der Waals surface area contributed by atoms with Gasteiger partial charge < -0.3 is 15.4 Å². The molecule has 132 valence electrons. The summed E-state index contributed by atoms with van der Waals surface area (Å²) < 4.78 is 4.72. The van der Waals surface area contributed by atoms with Crippen LogP contribution in [0, 0.1) is 13.8 Å². The van der Waals surface area contributed by atoms with E-state index in [-0.39, 0.29) is 6.04 Å². The molecule has 0 radical (unpaired) electrons. The standard InChI is InChI=1S/C19H21ClN2O2S/c1-11-5-6-14(9-12(11)2)13(3)21-19(25)22-17-10-15(18(23)24-4)7-8-16(17)20/h5-10,13H,1-4H3,(H2,21,22,25). The van der Waals surface area contributed by atoms with Crippen molar-refractivity contribution >= 4 is 40.6 Å². The van der Waals surface area contributed by atoms with Crippen molar-refractivity contribution in [1.29, 1.82) is 0 Å². The second-order valence-corrected chi connectivity index (χ2v) is 6.67. The highest BCUT2D eigenvalue weighted by Gasteiger charge is 2.12. The van der Waals surface area contributed by atoms with E-state index in [0.29, 0.717) is 21.4 Å². The molecule has 0 saturated carbocycles. The number of hydrogen-bond donors (Lipinski definition) is 2. The smallest absolute Gasteiger partial charge is 0.337 e. The normalized spacial score (nSPS) is 11.6. The fourth-order valence-electron chi connectivity index (χ4n) is 2.34. The van der Waals surface area contributed by atoms with E-state index in [9.17, 15) is 4.79 Å². The first-order valence-corrected chi connectivity index (χ1v) is 8.63. The summed E-state index contributed by atoms with van der Waals surface area (Å²) in [6.07, 6.45) is 0. The average molecular weight is 377 g/mol. The van der Waals surface area contributed by atoms with Gasteiger partial charge in [0.1, 0.15) is 0 Å². The van der Waals surface area contributed by atoms with Crippen molar-refractivity contribution in [3.8, 4) is 0 Å². The molecule has 2 rings (SSSR count). The van der Waals surface area contributed by atoms with Crippen LogP contribution in [0.25, 0.3) is 0 Å². The number of anilines is 1. The van der Waals surface area contributed by atoms with Crippen molar-refractivity contribution in [3.63, 3.8) is 0 Å². The van der Waals surface area contributed by atoms with Gasteiger partial charge in [0.25, 0.3) is 0 Å². The van der Waals surface area contributed by atoms with Gasteiger partial charge in [0.15, 0.2) is 5.11 Å². The highest BCUT2D eigenvalue weighted by atomic mass is 35.5. The van der Waals surface area contributed by atoms with Crippen LogP contribution >= 0.6 is 23.8 Å². The van der Waals surface area contributed by atoms with E-state index in [2.05, 4.69) is 42.7 Å². The number of methoxy groups -OCH3 is 1. The number of hydrogen-bond acceptors (Lipinski definition) is 3. The van der Waals surface area contributed by atoms with Crippen molar-refractivity contribution in [2.45, 2.75) is 26.8 Å². The molecular formula is C19H21ClN2O2S. The van der Waals surface area contributed by atoms with Gasteiger partial charge in [0.05, 0.1) is 29.4 Å². The minimum atomic E-state index is -0.429. The molecule has 0 aliphatic carbocycles. The first-order valence-electron chi connectivity index (χ1n) is 7.84. The van der Waals surface area contributed by atoms with Crippen LogP contribution < -0.4 is 10.6 Å². The maximum absolute atomic E-state index is 11.6. The molecule has 0 aromatic heterocycles. The third kappa shape index (κ3) is 4.94. The molecule has 0 fully saturated rings. The largest absolute Gasteiger partial charge is 0.465 e. The molecule has 0 amide bonds. The second-order valence-electron chi connectivity index (χ2n) is 5.85. The molecule has 0 bridgehead atoms. The van der Waals surface area contributed by atoms with Gasteiger partial charge in [-0.05, 0) is 67.9 Å². The summed E-state index contributed by atoms with van der Waals surface area (Å²) in [6, 6.07) is 11.2. The van der Waals surface area contributed by atoms with E-state index in [1.54, 1.807) is 18.2 Å². The number of aryl methyl sites for hydroxylation is 2. The van der Waals surface area contributed by atoms with E-state index in [1.165, 1.54) is 18.2 Å². The van der Waals surface area contributed by atoms with Crippen LogP contribution in [0.5, 0.6) is 0 Å². The van der Waals surface area contributed by atoms with Gasteiger partial charge in [0, 0.05) is 0 Å². The molecule has 0 aliphatic heterocycles. The summed E-state index contributed by atoms with van der Waals surface area (Å²) in [6.45, 7) is 6.20. The number of ether oxygens (including phenoxy) is 1. The topological polar surface area (TPSA) is 50.4 Å². The molecule has 6 heteroatoms. The van der Waals surface area contributed by atoms with Gasteiger partial charge in [-0.1, -0.05) is 29.8 Å². The maximum Gasteiger partial charge on any atom is 0.337 e. The van der Waals surface area contributed by atoms with E-state index < -0.39 is 5.97 Å². The molecule has 2 aromatic rings. The van der Waals surface area contributed by atoms with E-state index in [4.69, 9.17) is 28.6 Å². The van der Waals surface area contributed by atoms with Crippen LogP contribution in [0.15, 0.2) is 36.4 Å². The Morgan fingerprint density at radius 2 is 1.88 bits per heavy atom. The molecular weight excluding hydrogens is 356 g/mol. The number of benzene rings is 2. The zero-order chi connectivity index (χ0) is 18.6. The molecule has 1 atom stereocenters. The Hall–Kier alpha value is -2.11. The molecule has 2 N–H and O–H groups in total. The van der Waals surface area contributed by atoms with Crippen LogP contribution in [0.2, 0.25) is 5.02 Å². The monoisotopic (exact) mass is 376 g/mol. The molecule has 1 unspecified atom stereocenters. The van der Waals surface area contributed by atoms with Crippen LogP contribution in [-0.2, 0) is 4.74 Å². The Kier molecular flexibility index (Phi) is 6.39. The van der Waals surface area contributed by atoms with Crippen LogP contribution in [0.4, 0.5) is 5.69 Å². The van der Waals surface area contributed by atoms with Gasteiger partial charge in [-0.15, -0.1) is 0 Å². The fourth-order valence-corrected chi connectivity index (χ4v) is 2.79. The van der Waals surface area contributed by atoms with Crippen molar-refractivity contribution in [2.75, 3.05) is 12.4 Å². The Labute approximate surface area is 158 Å². The van der Waals surface area contributed by atoms with Gasteiger partial charge >= 0.3 is 5.97 Å². The van der Waals surface area contributed by atoms with Crippen molar-refractivity contribution in [1.82, 2.24) is 5.32 Å². The molecule has 0 heterocycles. The Bertz CT molecular complexity index is 808. The SMILES string of the molecule is COC(=O)c1ccc(Cl)c(NC(=S)NC(C)c2ccc(C)c(C)c2)c1. The molecule has 2 aromatic carbocycles. The van der Waals surface area contributed by atoms with Crippen LogP contribution in [0.3, 0.4) is 0 Å². The number of carbonyl (C=O) groups is 1. The van der Waals surface area contributed by atoms with Gasteiger partial charge in [-0.3, -0.25) is 0 Å². The van der Waals surface area contributed by atoms with Crippen LogP contribution in [-0.4, -0.2) is 18.2 Å². The maximum atomic E-state index is 11.6. The number of halogens is 1. The summed E-state index contributed by atoms with van der Waals surface area (Å²) in [5, 5.41) is 7.16. The molecule has 4 nitrogen and oxygen atoms in total. The van der Waals surface area contributed by atoms with E-state index in [1.807, 2.05) is 6.92 Å². The lowest BCUT2D eigenvalue weighted by Crippen LogP contribution is -2.31. The number of carbonyl (C=O) groups excluding carboxylic acids is 1. The number of esters is 1. The Balaban J connectivity index is 2.09. The fraction of sp³-hybridized carbons (Fsp3) is 0.263. The Morgan fingerprint density at radius 1 is 1.16 bits per heavy atom. The van der Waals surface area contributed by atoms with Crippen molar-refractivity contribution in [2.24, 2.45) is 0 Å². The number of rotatable bonds is 4. The zero-order valence-electron chi connectivity index (χ0n) is 14.6. The lowest BCUT2D eigenvalue weighted by Gasteiger charge is -2.19. The van der Waals surface area contributed by atoms with Crippen molar-refractivity contribution in [3.05, 3.63) is 63.7 Å². The lowest BCUT2D eigenvalue weighted by atomic mass is 10.0. The first-order chi connectivity index (χ1) is 11.8. The quantitative estimate of drug-likeness (QED) is 0.593. The number of nitrogens with one attached hydrogen (secondary N) is 2. The third-order valence-electron chi connectivity index (χ3n) is 4.01. The highest BCUT2D eigenvalue weighted by molar-refractivity contribution is 7.80. The Morgan fingerprint density at radius 3 is 2.52 bits per heavy atom.